The Hall–Kier alpha value is -2.37. The molecule has 1 amide bonds. The maximum absolute atomic E-state index is 12.7. The van der Waals surface area contributed by atoms with Crippen molar-refractivity contribution in [2.75, 3.05) is 32.2 Å². The Morgan fingerprint density at radius 3 is 2.81 bits per heavy atom. The summed E-state index contributed by atoms with van der Waals surface area (Å²) in [4.78, 5) is 25.7. The third kappa shape index (κ3) is 5.55. The van der Waals surface area contributed by atoms with Gasteiger partial charge in [0, 0.05) is 31.3 Å². The molecule has 0 saturated carbocycles. The summed E-state index contributed by atoms with van der Waals surface area (Å²) < 4.78 is 9.87. The molecule has 0 aliphatic heterocycles. The van der Waals surface area contributed by atoms with Crippen molar-refractivity contribution in [3.63, 3.8) is 0 Å². The van der Waals surface area contributed by atoms with Gasteiger partial charge >= 0.3 is 5.97 Å². The number of rotatable bonds is 9. The predicted octanol–water partition coefficient (Wildman–Crippen LogP) is 2.78. The molecule has 0 fully saturated rings. The average Bonchev–Trinajstić information content (AvgIpc) is 3.04. The molecule has 0 aromatic carbocycles. The molecule has 0 radical (unpaired) electrons. The number of esters is 1. The number of hydrogen-bond donors (Lipinski definition) is 2. The zero-order chi connectivity index (χ0) is 19.6. The van der Waals surface area contributed by atoms with Gasteiger partial charge in [-0.15, -0.1) is 11.3 Å². The van der Waals surface area contributed by atoms with Gasteiger partial charge in [0.2, 0.25) is 0 Å². The number of anilines is 1. The van der Waals surface area contributed by atoms with Gasteiger partial charge in [0.15, 0.2) is 5.57 Å². The molecule has 0 bridgehead atoms. The lowest BCUT2D eigenvalue weighted by atomic mass is 9.95. The summed E-state index contributed by atoms with van der Waals surface area (Å²) in [6.45, 7) is 2.99. The Kier molecular flexibility index (Phi) is 8.30. The van der Waals surface area contributed by atoms with Crippen molar-refractivity contribution in [3.05, 3.63) is 27.8 Å². The largest absolute Gasteiger partial charge is 0.462 e. The number of aryl methyl sites for hydroxylation is 1. The molecule has 2 rings (SSSR count). The minimum Gasteiger partial charge on any atom is -0.462 e. The van der Waals surface area contributed by atoms with Gasteiger partial charge in [-0.3, -0.25) is 4.79 Å². The van der Waals surface area contributed by atoms with Crippen molar-refractivity contribution in [3.8, 4) is 6.07 Å². The van der Waals surface area contributed by atoms with E-state index >= 15 is 0 Å². The molecule has 1 aliphatic carbocycles. The van der Waals surface area contributed by atoms with Crippen LogP contribution >= 0.6 is 11.3 Å². The molecule has 7 nitrogen and oxygen atoms in total. The van der Waals surface area contributed by atoms with E-state index in [2.05, 4.69) is 10.6 Å². The molecule has 0 atom stereocenters. The fraction of sp³-hybridized carbons (Fsp3) is 0.526. The van der Waals surface area contributed by atoms with Crippen molar-refractivity contribution in [2.24, 2.45) is 0 Å². The van der Waals surface area contributed by atoms with Crippen LogP contribution in [0.1, 0.15) is 47.0 Å². The fourth-order valence-corrected chi connectivity index (χ4v) is 4.15. The lowest BCUT2D eigenvalue weighted by molar-refractivity contribution is -0.138. The summed E-state index contributed by atoms with van der Waals surface area (Å²) in [5.74, 6) is -0.824. The number of fused-ring (bicyclic) bond motifs is 1. The second kappa shape index (κ2) is 10.7. The third-order valence-corrected chi connectivity index (χ3v) is 5.40. The van der Waals surface area contributed by atoms with Gasteiger partial charge in [0.05, 0.1) is 12.2 Å². The Morgan fingerprint density at radius 2 is 2.11 bits per heavy atom. The van der Waals surface area contributed by atoms with Crippen molar-refractivity contribution in [1.82, 2.24) is 5.32 Å². The summed E-state index contributed by atoms with van der Waals surface area (Å²) in [5.41, 5.74) is 1.56. The number of carbonyl (C=O) groups is 2. The summed E-state index contributed by atoms with van der Waals surface area (Å²) in [6, 6.07) is 1.83. The first-order valence-corrected chi connectivity index (χ1v) is 9.89. The average molecular weight is 391 g/mol. The van der Waals surface area contributed by atoms with Crippen LogP contribution in [0.4, 0.5) is 5.00 Å². The first-order chi connectivity index (χ1) is 13.1. The van der Waals surface area contributed by atoms with Crippen molar-refractivity contribution >= 4 is 28.2 Å². The Labute approximate surface area is 163 Å². The molecule has 2 N–H and O–H groups in total. The standard InChI is InChI=1S/C19H25N3O4S/c1-3-26-19(24)13(11-20)12-22-18-16(17(23)21-9-6-10-25-2)14-7-4-5-8-15(14)27-18/h12,22H,3-10H2,1-2H3,(H,21,23)/b13-12+. The van der Waals surface area contributed by atoms with Crippen LogP contribution in [0.3, 0.4) is 0 Å². The second-order valence-corrected chi connectivity index (χ2v) is 7.16. The Balaban J connectivity index is 2.22. The molecule has 27 heavy (non-hydrogen) atoms. The predicted molar refractivity (Wildman–Crippen MR) is 104 cm³/mol. The van der Waals surface area contributed by atoms with E-state index in [1.54, 1.807) is 14.0 Å². The van der Waals surface area contributed by atoms with Crippen LogP contribution in [0, 0.1) is 11.3 Å². The molecule has 0 unspecified atom stereocenters. The van der Waals surface area contributed by atoms with Gasteiger partial charge in [-0.05, 0) is 44.6 Å². The first kappa shape index (κ1) is 20.9. The quantitative estimate of drug-likeness (QED) is 0.291. The number of nitrogens with zero attached hydrogens (tertiary/aromatic N) is 1. The summed E-state index contributed by atoms with van der Waals surface area (Å²) >= 11 is 1.51. The highest BCUT2D eigenvalue weighted by atomic mass is 32.1. The van der Waals surface area contributed by atoms with Gasteiger partial charge in [-0.25, -0.2) is 4.79 Å². The number of hydrogen-bond acceptors (Lipinski definition) is 7. The SMILES string of the molecule is CCOC(=O)/C(C#N)=C/Nc1sc2c(c1C(=O)NCCCOC)CCCC2. The number of nitriles is 1. The zero-order valence-corrected chi connectivity index (χ0v) is 16.5. The number of methoxy groups -OCH3 is 1. The second-order valence-electron chi connectivity index (χ2n) is 6.05. The number of amides is 1. The van der Waals surface area contributed by atoms with Gasteiger partial charge < -0.3 is 20.1 Å². The van der Waals surface area contributed by atoms with E-state index in [9.17, 15) is 9.59 Å². The Morgan fingerprint density at radius 1 is 1.33 bits per heavy atom. The number of nitrogens with one attached hydrogen (secondary N) is 2. The van der Waals surface area contributed by atoms with Gasteiger partial charge in [-0.1, -0.05) is 0 Å². The molecular weight excluding hydrogens is 366 g/mol. The Bertz CT molecular complexity index is 749. The summed E-state index contributed by atoms with van der Waals surface area (Å²) in [5, 5.41) is 15.7. The van der Waals surface area contributed by atoms with Crippen LogP contribution in [-0.4, -0.2) is 38.7 Å². The highest BCUT2D eigenvalue weighted by Gasteiger charge is 2.25. The normalized spacial score (nSPS) is 13.4. The molecule has 0 spiro atoms. The van der Waals surface area contributed by atoms with Crippen molar-refractivity contribution < 1.29 is 19.1 Å². The topological polar surface area (TPSA) is 100 Å². The smallest absolute Gasteiger partial charge is 0.350 e. The van der Waals surface area contributed by atoms with Crippen LogP contribution in [0.15, 0.2) is 11.8 Å². The molecule has 1 heterocycles. The van der Waals surface area contributed by atoms with E-state index < -0.39 is 5.97 Å². The summed E-state index contributed by atoms with van der Waals surface area (Å²) in [7, 11) is 1.63. The maximum atomic E-state index is 12.7. The van der Waals surface area contributed by atoms with Gasteiger partial charge in [0.25, 0.3) is 5.91 Å². The molecular formula is C19H25N3O4S. The monoisotopic (exact) mass is 391 g/mol. The lowest BCUT2D eigenvalue weighted by Crippen LogP contribution is -2.26. The zero-order valence-electron chi connectivity index (χ0n) is 15.7. The number of ether oxygens (including phenoxy) is 2. The van der Waals surface area contributed by atoms with Gasteiger partial charge in [-0.2, -0.15) is 5.26 Å². The maximum Gasteiger partial charge on any atom is 0.350 e. The van der Waals surface area contributed by atoms with Crippen LogP contribution in [0.5, 0.6) is 0 Å². The lowest BCUT2D eigenvalue weighted by Gasteiger charge is -2.13. The third-order valence-electron chi connectivity index (χ3n) is 4.17. The highest BCUT2D eigenvalue weighted by molar-refractivity contribution is 7.16. The molecule has 1 aliphatic rings. The van der Waals surface area contributed by atoms with Crippen molar-refractivity contribution in [1.29, 1.82) is 5.26 Å². The first-order valence-electron chi connectivity index (χ1n) is 9.07. The summed E-state index contributed by atoms with van der Waals surface area (Å²) in [6.07, 6.45) is 6.01. The molecule has 146 valence electrons. The van der Waals surface area contributed by atoms with E-state index in [1.807, 2.05) is 6.07 Å². The molecule has 1 aromatic rings. The van der Waals surface area contributed by atoms with Crippen LogP contribution in [0.2, 0.25) is 0 Å². The van der Waals surface area contributed by atoms with E-state index in [1.165, 1.54) is 22.4 Å². The van der Waals surface area contributed by atoms with E-state index in [4.69, 9.17) is 14.7 Å². The van der Waals surface area contributed by atoms with Crippen LogP contribution in [-0.2, 0) is 27.1 Å². The van der Waals surface area contributed by atoms with E-state index in [-0.39, 0.29) is 18.1 Å². The van der Waals surface area contributed by atoms with Crippen molar-refractivity contribution in [2.45, 2.75) is 39.0 Å². The number of thiophene rings is 1. The van der Waals surface area contributed by atoms with E-state index in [0.717, 1.165) is 37.7 Å². The minimum atomic E-state index is -0.681. The molecule has 0 saturated heterocycles. The van der Waals surface area contributed by atoms with E-state index in [0.29, 0.717) is 23.7 Å². The minimum absolute atomic E-state index is 0.130. The molecule has 1 aromatic heterocycles. The molecule has 8 heteroatoms. The fourth-order valence-electron chi connectivity index (χ4n) is 2.90. The van der Waals surface area contributed by atoms with Gasteiger partial charge in [0.1, 0.15) is 11.1 Å². The van der Waals surface area contributed by atoms with Crippen LogP contribution in [0.25, 0.3) is 0 Å². The number of carbonyl (C=O) groups excluding carboxylic acids is 2. The van der Waals surface area contributed by atoms with Crippen LogP contribution < -0.4 is 10.6 Å². The highest BCUT2D eigenvalue weighted by Crippen LogP contribution is 2.38.